The van der Waals surface area contributed by atoms with Crippen molar-refractivity contribution in [3.05, 3.63) is 56.1 Å². The normalized spacial score (nSPS) is 12.6. The summed E-state index contributed by atoms with van der Waals surface area (Å²) in [6.45, 7) is 1.92. The lowest BCUT2D eigenvalue weighted by Crippen LogP contribution is -2.42. The Hall–Kier alpha value is -4.18. The number of fused-ring (bicyclic) bond motifs is 1. The van der Waals surface area contributed by atoms with Gasteiger partial charge in [-0.15, -0.1) is 11.3 Å². The number of alkyl halides is 3. The van der Waals surface area contributed by atoms with Crippen LogP contribution in [0.4, 0.5) is 19.0 Å². The third-order valence-corrected chi connectivity index (χ3v) is 6.78. The molecule has 0 saturated carbocycles. The highest BCUT2D eigenvalue weighted by atomic mass is 32.1. The molecule has 16 heteroatoms. The molecule has 206 valence electrons. The Morgan fingerprint density at radius 3 is 2.62 bits per heavy atom. The van der Waals surface area contributed by atoms with Gasteiger partial charge in [0, 0.05) is 37.0 Å². The number of rotatable bonds is 8. The van der Waals surface area contributed by atoms with Crippen molar-refractivity contribution in [2.45, 2.75) is 32.6 Å². The van der Waals surface area contributed by atoms with Crippen molar-refractivity contribution in [2.75, 3.05) is 19.0 Å². The lowest BCUT2D eigenvalue weighted by molar-refractivity contribution is -0.138. The number of hydrogen-bond acceptors (Lipinski definition) is 9. The zero-order valence-electron chi connectivity index (χ0n) is 21.1. The van der Waals surface area contributed by atoms with Crippen molar-refractivity contribution < 1.29 is 27.5 Å². The third-order valence-electron chi connectivity index (χ3n) is 5.89. The molecule has 4 aromatic rings. The zero-order valence-corrected chi connectivity index (χ0v) is 21.9. The van der Waals surface area contributed by atoms with E-state index in [0.717, 1.165) is 26.5 Å². The first-order valence-electron chi connectivity index (χ1n) is 11.3. The Labute approximate surface area is 221 Å². The Bertz CT molecular complexity index is 1700. The fourth-order valence-corrected chi connectivity index (χ4v) is 4.60. The minimum absolute atomic E-state index is 0.0170. The van der Waals surface area contributed by atoms with Crippen LogP contribution in [0.15, 0.2) is 33.6 Å². The van der Waals surface area contributed by atoms with Gasteiger partial charge in [0.25, 0.3) is 5.56 Å². The molecule has 4 heterocycles. The first-order chi connectivity index (χ1) is 18.3. The summed E-state index contributed by atoms with van der Waals surface area (Å²) in [6, 6.07) is -0.0777. The molecule has 0 unspecified atom stereocenters. The number of ketones is 1. The quantitative estimate of drug-likeness (QED) is 0.343. The highest BCUT2D eigenvalue weighted by Gasteiger charge is 2.33. The van der Waals surface area contributed by atoms with E-state index in [2.05, 4.69) is 20.3 Å². The number of carbonyl (C=O) groups is 2. The number of nitrogens with one attached hydrogen (secondary N) is 1. The number of halogens is 3. The molecule has 0 spiro atoms. The van der Waals surface area contributed by atoms with Crippen LogP contribution in [-0.4, -0.2) is 54.1 Å². The average molecular weight is 566 g/mol. The van der Waals surface area contributed by atoms with E-state index in [-0.39, 0.29) is 39.9 Å². The molecule has 4 aromatic heterocycles. The number of thiazole rings is 1. The first-order valence-corrected chi connectivity index (χ1v) is 12.2. The van der Waals surface area contributed by atoms with Crippen molar-refractivity contribution in [1.29, 1.82) is 0 Å². The molecule has 39 heavy (non-hydrogen) atoms. The summed E-state index contributed by atoms with van der Waals surface area (Å²) in [5, 5.41) is 4.24. The Morgan fingerprint density at radius 1 is 1.23 bits per heavy atom. The Morgan fingerprint density at radius 2 is 1.95 bits per heavy atom. The van der Waals surface area contributed by atoms with E-state index < -0.39 is 47.3 Å². The van der Waals surface area contributed by atoms with Gasteiger partial charge in [0.15, 0.2) is 16.9 Å². The molecule has 1 N–H and O–H groups in total. The molecule has 0 aliphatic carbocycles. The van der Waals surface area contributed by atoms with E-state index in [9.17, 15) is 32.3 Å². The van der Waals surface area contributed by atoms with E-state index in [1.165, 1.54) is 50.5 Å². The van der Waals surface area contributed by atoms with Crippen LogP contribution >= 0.6 is 11.3 Å². The van der Waals surface area contributed by atoms with Crippen LogP contribution in [0.5, 0.6) is 0 Å². The minimum atomic E-state index is -4.58. The highest BCUT2D eigenvalue weighted by molar-refractivity contribution is 7.13. The van der Waals surface area contributed by atoms with Gasteiger partial charge in [0.05, 0.1) is 18.4 Å². The molecule has 0 bridgehead atoms. The summed E-state index contributed by atoms with van der Waals surface area (Å²) in [4.78, 5) is 63.0. The summed E-state index contributed by atoms with van der Waals surface area (Å²) >= 11 is 1.01. The highest BCUT2D eigenvalue weighted by Crippen LogP contribution is 2.35. The lowest BCUT2D eigenvalue weighted by Gasteiger charge is -2.14. The van der Waals surface area contributed by atoms with Crippen molar-refractivity contribution in [1.82, 2.24) is 28.7 Å². The van der Waals surface area contributed by atoms with Gasteiger partial charge in [-0.25, -0.2) is 14.8 Å². The zero-order chi connectivity index (χ0) is 28.6. The molecule has 1 amide bonds. The van der Waals surface area contributed by atoms with Gasteiger partial charge >= 0.3 is 11.9 Å². The fourth-order valence-electron chi connectivity index (χ4n) is 3.86. The van der Waals surface area contributed by atoms with E-state index >= 15 is 0 Å². The summed E-state index contributed by atoms with van der Waals surface area (Å²) in [5.74, 6) is -1.03. The molecule has 1 atom stereocenters. The second kappa shape index (κ2) is 10.5. The van der Waals surface area contributed by atoms with Crippen LogP contribution in [0, 0.1) is 6.92 Å². The van der Waals surface area contributed by atoms with Crippen molar-refractivity contribution in [3.63, 3.8) is 0 Å². The number of ether oxygens (including phenoxy) is 1. The second-order valence-corrected chi connectivity index (χ2v) is 9.44. The van der Waals surface area contributed by atoms with Crippen LogP contribution in [-0.2, 0) is 34.1 Å². The second-order valence-electron chi connectivity index (χ2n) is 8.59. The predicted molar refractivity (Wildman–Crippen MR) is 135 cm³/mol. The Balaban J connectivity index is 1.62. The van der Waals surface area contributed by atoms with Crippen LogP contribution in [0.2, 0.25) is 0 Å². The number of pyridine rings is 1. The lowest BCUT2D eigenvalue weighted by atomic mass is 10.1. The number of amides is 1. The summed E-state index contributed by atoms with van der Waals surface area (Å²) in [7, 11) is 2.69. The monoisotopic (exact) mass is 565 g/mol. The smallest absolute Gasteiger partial charge is 0.377 e. The minimum Gasteiger partial charge on any atom is -0.377 e. The maximum atomic E-state index is 13.3. The van der Waals surface area contributed by atoms with Gasteiger partial charge in [-0.3, -0.25) is 28.5 Å². The number of imidazole rings is 1. The molecule has 0 aromatic carbocycles. The van der Waals surface area contributed by atoms with E-state index in [1.807, 2.05) is 0 Å². The number of Topliss-reactive ketones (excluding diaryl/α,β-unsaturated/α-hetero) is 1. The number of carbonyl (C=O) groups excluding carboxylic acids is 2. The Kier molecular flexibility index (Phi) is 7.52. The topological polar surface area (TPSA) is 143 Å². The molecule has 12 nitrogen and oxygen atoms in total. The predicted octanol–water partition coefficient (Wildman–Crippen LogP) is 2.16. The molecule has 0 saturated heterocycles. The number of aryl methyl sites for hydroxylation is 2. The maximum absolute atomic E-state index is 13.3. The van der Waals surface area contributed by atoms with Gasteiger partial charge in [-0.05, 0) is 19.9 Å². The molecular weight excluding hydrogens is 543 g/mol. The van der Waals surface area contributed by atoms with Gasteiger partial charge in [-0.1, -0.05) is 0 Å². The van der Waals surface area contributed by atoms with Gasteiger partial charge in [-0.2, -0.15) is 13.2 Å². The SMILES string of the molecule is COCC(=O)Cn1c(=O)c2c(ncn2[C@@H](C)C(=O)Nc2csc(-c3cnc(C)c(C(F)(F)F)c3)n2)n(C)c1=O. The standard InChI is InChI=1S/C23H22F3N7O5S/c1-11-15(23(24,25)26)5-13(6-27-11)20-30-16(9-39-20)29-19(35)12(2)33-10-28-18-17(33)21(36)32(22(37)31(18)3)7-14(34)8-38-4/h5-6,9-10,12H,7-8H2,1-4H3,(H,29,35)/t12-/m0/s1. The molecule has 0 fully saturated rings. The van der Waals surface area contributed by atoms with Crippen LogP contribution in [0.3, 0.4) is 0 Å². The molecule has 0 aliphatic heterocycles. The number of aromatic nitrogens is 6. The molecule has 0 radical (unpaired) electrons. The first kappa shape index (κ1) is 27.8. The van der Waals surface area contributed by atoms with Gasteiger partial charge in [0.1, 0.15) is 23.5 Å². The van der Waals surface area contributed by atoms with E-state index in [0.29, 0.717) is 0 Å². The third kappa shape index (κ3) is 5.37. The van der Waals surface area contributed by atoms with Crippen molar-refractivity contribution >= 4 is 40.0 Å². The van der Waals surface area contributed by atoms with Crippen molar-refractivity contribution in [3.8, 4) is 10.6 Å². The van der Waals surface area contributed by atoms with E-state index in [1.54, 1.807) is 0 Å². The average Bonchev–Trinajstić information content (AvgIpc) is 3.52. The number of anilines is 1. The largest absolute Gasteiger partial charge is 0.418 e. The molecule has 0 aliphatic rings. The number of hydrogen-bond donors (Lipinski definition) is 1. The van der Waals surface area contributed by atoms with Crippen molar-refractivity contribution in [2.24, 2.45) is 7.05 Å². The molecular formula is C23H22F3N7O5S. The maximum Gasteiger partial charge on any atom is 0.418 e. The molecule has 4 rings (SSSR count). The van der Waals surface area contributed by atoms with E-state index in [4.69, 9.17) is 4.74 Å². The summed E-state index contributed by atoms with van der Waals surface area (Å²) < 4.78 is 47.7. The van der Waals surface area contributed by atoms with Crippen LogP contribution in [0.25, 0.3) is 21.7 Å². The van der Waals surface area contributed by atoms with Gasteiger partial charge < -0.3 is 14.6 Å². The van der Waals surface area contributed by atoms with Crippen LogP contribution in [0.1, 0.15) is 24.2 Å². The van der Waals surface area contributed by atoms with Crippen LogP contribution < -0.4 is 16.6 Å². The summed E-state index contributed by atoms with van der Waals surface area (Å²) in [5.41, 5.74) is -2.54. The van der Waals surface area contributed by atoms with Gasteiger partial charge in [0.2, 0.25) is 5.91 Å². The number of methoxy groups -OCH3 is 1. The fraction of sp³-hybridized carbons (Fsp3) is 0.348. The summed E-state index contributed by atoms with van der Waals surface area (Å²) in [6.07, 6.45) is -2.09. The number of nitrogens with zero attached hydrogens (tertiary/aromatic N) is 6.